The first-order valence-corrected chi connectivity index (χ1v) is 6.72. The first kappa shape index (κ1) is 11.9. The number of nitrogens with one attached hydrogen (secondary N) is 1. The summed E-state index contributed by atoms with van der Waals surface area (Å²) >= 11 is 0. The highest BCUT2D eigenvalue weighted by atomic mass is 15.2. The Balaban J connectivity index is 1.65. The molecule has 2 unspecified atom stereocenters. The molecule has 0 spiro atoms. The highest BCUT2D eigenvalue weighted by molar-refractivity contribution is 4.96. The van der Waals surface area contributed by atoms with Crippen LogP contribution in [0.3, 0.4) is 0 Å². The van der Waals surface area contributed by atoms with Crippen LogP contribution < -0.4 is 5.32 Å². The number of nitrogens with zero attached hydrogens (tertiary/aromatic N) is 2. The van der Waals surface area contributed by atoms with Crippen molar-refractivity contribution in [3.05, 3.63) is 0 Å². The van der Waals surface area contributed by atoms with E-state index in [9.17, 15) is 0 Å². The van der Waals surface area contributed by atoms with E-state index in [2.05, 4.69) is 23.2 Å². The van der Waals surface area contributed by atoms with Crippen LogP contribution in [-0.4, -0.2) is 36.6 Å². The fourth-order valence-corrected chi connectivity index (χ4v) is 2.79. The molecule has 0 amide bonds. The van der Waals surface area contributed by atoms with Crippen LogP contribution >= 0.6 is 0 Å². The van der Waals surface area contributed by atoms with E-state index in [4.69, 9.17) is 5.26 Å². The fourth-order valence-electron chi connectivity index (χ4n) is 2.79. The Morgan fingerprint density at radius 2 is 2.12 bits per heavy atom. The minimum atomic E-state index is 0.260. The van der Waals surface area contributed by atoms with Crippen molar-refractivity contribution in [2.24, 2.45) is 5.92 Å². The smallest absolute Gasteiger partial charge is 0.0672 e. The molecule has 3 nitrogen and oxygen atoms in total. The molecule has 1 N–H and O–H groups in total. The zero-order valence-electron chi connectivity index (χ0n) is 10.3. The third-order valence-electron chi connectivity index (χ3n) is 3.96. The highest BCUT2D eigenvalue weighted by Crippen LogP contribution is 2.26. The first-order chi connectivity index (χ1) is 7.85. The molecule has 0 aromatic carbocycles. The molecule has 90 valence electrons. The molecule has 0 aromatic heterocycles. The van der Waals surface area contributed by atoms with Gasteiger partial charge < -0.3 is 5.32 Å². The van der Waals surface area contributed by atoms with Crippen molar-refractivity contribution in [3.8, 4) is 6.07 Å². The molecule has 0 heterocycles. The Kier molecular flexibility index (Phi) is 4.20. The molecule has 2 saturated carbocycles. The third-order valence-corrected chi connectivity index (χ3v) is 3.96. The van der Waals surface area contributed by atoms with Crippen molar-refractivity contribution in [2.45, 2.75) is 51.1 Å². The van der Waals surface area contributed by atoms with Gasteiger partial charge >= 0.3 is 0 Å². The second-order valence-electron chi connectivity index (χ2n) is 5.09. The Morgan fingerprint density at radius 1 is 1.31 bits per heavy atom. The second-order valence-corrected chi connectivity index (χ2v) is 5.09. The Morgan fingerprint density at radius 3 is 2.75 bits per heavy atom. The molecule has 0 aromatic rings. The number of rotatable bonds is 6. The number of hydrogen-bond acceptors (Lipinski definition) is 3. The van der Waals surface area contributed by atoms with Gasteiger partial charge in [-0.25, -0.2) is 0 Å². The van der Waals surface area contributed by atoms with Gasteiger partial charge in [0, 0.05) is 25.2 Å². The van der Waals surface area contributed by atoms with E-state index < -0.39 is 0 Å². The average Bonchev–Trinajstić information content (AvgIpc) is 3.04. The van der Waals surface area contributed by atoms with Crippen molar-refractivity contribution in [1.82, 2.24) is 10.2 Å². The predicted octanol–water partition coefficient (Wildman–Crippen LogP) is 1.75. The van der Waals surface area contributed by atoms with E-state index in [-0.39, 0.29) is 5.92 Å². The summed E-state index contributed by atoms with van der Waals surface area (Å²) in [5.41, 5.74) is 0. The van der Waals surface area contributed by atoms with Crippen molar-refractivity contribution >= 4 is 0 Å². The maximum Gasteiger partial charge on any atom is 0.0672 e. The summed E-state index contributed by atoms with van der Waals surface area (Å²) in [5.74, 6) is 0.260. The summed E-state index contributed by atoms with van der Waals surface area (Å²) in [5, 5.41) is 12.6. The molecule has 2 aliphatic rings. The molecule has 0 bridgehead atoms. The maximum absolute atomic E-state index is 8.99. The molecule has 3 heteroatoms. The van der Waals surface area contributed by atoms with E-state index >= 15 is 0 Å². The van der Waals surface area contributed by atoms with Gasteiger partial charge in [-0.3, -0.25) is 4.90 Å². The van der Waals surface area contributed by atoms with E-state index in [1.54, 1.807) is 0 Å². The fraction of sp³-hybridized carbons (Fsp3) is 0.923. The van der Waals surface area contributed by atoms with Crippen LogP contribution in [0.1, 0.15) is 39.0 Å². The van der Waals surface area contributed by atoms with Gasteiger partial charge in [-0.15, -0.1) is 0 Å². The van der Waals surface area contributed by atoms with Crippen molar-refractivity contribution in [3.63, 3.8) is 0 Å². The molecule has 0 aliphatic heterocycles. The third kappa shape index (κ3) is 2.96. The van der Waals surface area contributed by atoms with E-state index in [0.717, 1.165) is 25.6 Å². The Hall–Kier alpha value is -0.590. The minimum Gasteiger partial charge on any atom is -0.311 e. The number of hydrogen-bond donors (Lipinski definition) is 1. The second kappa shape index (κ2) is 5.65. The van der Waals surface area contributed by atoms with Crippen molar-refractivity contribution < 1.29 is 0 Å². The molecule has 2 rings (SSSR count). The lowest BCUT2D eigenvalue weighted by Gasteiger charge is -2.22. The predicted molar refractivity (Wildman–Crippen MR) is 65.0 cm³/mol. The highest BCUT2D eigenvalue weighted by Gasteiger charge is 2.29. The molecule has 0 saturated heterocycles. The van der Waals surface area contributed by atoms with Gasteiger partial charge in [0.05, 0.1) is 12.0 Å². The Bertz CT molecular complexity index is 254. The van der Waals surface area contributed by atoms with Gasteiger partial charge in [-0.05, 0) is 32.2 Å². The van der Waals surface area contributed by atoms with E-state index in [1.807, 2.05) is 0 Å². The molecular weight excluding hydrogens is 198 g/mol. The van der Waals surface area contributed by atoms with Gasteiger partial charge in [-0.1, -0.05) is 13.3 Å². The lowest BCUT2D eigenvalue weighted by atomic mass is 10.1. The molecule has 2 fully saturated rings. The summed E-state index contributed by atoms with van der Waals surface area (Å²) in [4.78, 5) is 2.56. The summed E-state index contributed by atoms with van der Waals surface area (Å²) in [6.45, 7) is 5.60. The summed E-state index contributed by atoms with van der Waals surface area (Å²) in [6.07, 6.45) is 6.27. The van der Waals surface area contributed by atoms with Gasteiger partial charge in [0.25, 0.3) is 0 Å². The van der Waals surface area contributed by atoms with Crippen LogP contribution in [0, 0.1) is 17.2 Å². The lowest BCUT2D eigenvalue weighted by Crippen LogP contribution is -2.39. The molecular formula is C13H23N3. The van der Waals surface area contributed by atoms with Gasteiger partial charge in [0.1, 0.15) is 0 Å². The first-order valence-electron chi connectivity index (χ1n) is 6.72. The van der Waals surface area contributed by atoms with Crippen LogP contribution in [0.2, 0.25) is 0 Å². The average molecular weight is 221 g/mol. The van der Waals surface area contributed by atoms with E-state index in [0.29, 0.717) is 6.04 Å². The number of nitriles is 1. The number of likely N-dealkylation sites (N-methyl/N-ethyl adjacent to an activating group) is 1. The normalized spacial score (nSPS) is 29.6. The zero-order chi connectivity index (χ0) is 11.4. The summed E-state index contributed by atoms with van der Waals surface area (Å²) in [7, 11) is 0. The van der Waals surface area contributed by atoms with Crippen LogP contribution in [0.25, 0.3) is 0 Å². The van der Waals surface area contributed by atoms with Crippen LogP contribution in [-0.2, 0) is 0 Å². The van der Waals surface area contributed by atoms with E-state index in [1.165, 1.54) is 32.2 Å². The molecule has 2 atom stereocenters. The van der Waals surface area contributed by atoms with Crippen LogP contribution in [0.5, 0.6) is 0 Å². The van der Waals surface area contributed by atoms with Crippen molar-refractivity contribution in [1.29, 1.82) is 5.26 Å². The Labute approximate surface area is 98.8 Å². The molecule has 2 aliphatic carbocycles. The molecule has 16 heavy (non-hydrogen) atoms. The lowest BCUT2D eigenvalue weighted by molar-refractivity contribution is 0.269. The SMILES string of the molecule is CCN(CCNC1CCCC1C#N)C1CC1. The topological polar surface area (TPSA) is 39.1 Å². The maximum atomic E-state index is 8.99. The monoisotopic (exact) mass is 221 g/mol. The molecule has 0 radical (unpaired) electrons. The van der Waals surface area contributed by atoms with Gasteiger partial charge in [0.2, 0.25) is 0 Å². The summed E-state index contributed by atoms with van der Waals surface area (Å²) < 4.78 is 0. The quantitative estimate of drug-likeness (QED) is 0.742. The van der Waals surface area contributed by atoms with Crippen LogP contribution in [0.15, 0.2) is 0 Å². The minimum absolute atomic E-state index is 0.260. The van der Waals surface area contributed by atoms with Crippen molar-refractivity contribution in [2.75, 3.05) is 19.6 Å². The summed E-state index contributed by atoms with van der Waals surface area (Å²) in [6, 6.07) is 3.75. The zero-order valence-corrected chi connectivity index (χ0v) is 10.3. The van der Waals surface area contributed by atoms with Gasteiger partial charge in [-0.2, -0.15) is 5.26 Å². The largest absolute Gasteiger partial charge is 0.311 e. The van der Waals surface area contributed by atoms with Gasteiger partial charge in [0.15, 0.2) is 0 Å². The standard InChI is InChI=1S/C13H23N3/c1-2-16(12-6-7-12)9-8-15-13-5-3-4-11(13)10-14/h11-13,15H,2-9H2,1H3. The van der Waals surface area contributed by atoms with Crippen LogP contribution in [0.4, 0.5) is 0 Å².